The molecule has 0 spiro atoms. The van der Waals surface area contributed by atoms with Crippen LogP contribution in [0.3, 0.4) is 0 Å². The number of hydrogen-bond acceptors (Lipinski definition) is 5. The van der Waals surface area contributed by atoms with Gasteiger partial charge in [0.1, 0.15) is 6.04 Å². The average Bonchev–Trinajstić information content (AvgIpc) is 2.87. The molecule has 2 rings (SSSR count). The number of carbonyl (C=O) groups is 2. The highest BCUT2D eigenvalue weighted by atomic mass is 32.2. The molecule has 0 aromatic rings. The van der Waals surface area contributed by atoms with Gasteiger partial charge in [0.25, 0.3) is 0 Å². The van der Waals surface area contributed by atoms with Crippen LogP contribution < -0.4 is 0 Å². The van der Waals surface area contributed by atoms with Crippen LogP contribution in [0.4, 0.5) is 0 Å². The van der Waals surface area contributed by atoms with E-state index in [0.29, 0.717) is 39.1 Å². The Labute approximate surface area is 117 Å². The first-order chi connectivity index (χ1) is 9.42. The maximum Gasteiger partial charge on any atom is 0.320 e. The SMILES string of the molecule is O=C(O)CS(=O)(=O)N1CCCC1C(=O)N1CCOCC1. The van der Waals surface area contributed by atoms with Gasteiger partial charge in [-0.3, -0.25) is 9.59 Å². The molecule has 114 valence electrons. The Morgan fingerprint density at radius 3 is 2.45 bits per heavy atom. The number of carboxylic acids is 1. The van der Waals surface area contributed by atoms with Gasteiger partial charge in [-0.15, -0.1) is 0 Å². The molecule has 9 heteroatoms. The fraction of sp³-hybridized carbons (Fsp3) is 0.818. The largest absolute Gasteiger partial charge is 0.480 e. The van der Waals surface area contributed by atoms with Crippen LogP contribution in [-0.2, 0) is 24.3 Å². The zero-order valence-electron chi connectivity index (χ0n) is 11.0. The molecule has 20 heavy (non-hydrogen) atoms. The maximum absolute atomic E-state index is 12.4. The number of amides is 1. The van der Waals surface area contributed by atoms with E-state index in [1.54, 1.807) is 4.90 Å². The lowest BCUT2D eigenvalue weighted by molar-refractivity contribution is -0.139. The van der Waals surface area contributed by atoms with Crippen molar-refractivity contribution in [2.24, 2.45) is 0 Å². The van der Waals surface area contributed by atoms with Crippen molar-refractivity contribution >= 4 is 21.9 Å². The molecule has 2 heterocycles. The molecule has 1 amide bonds. The number of morpholine rings is 1. The van der Waals surface area contributed by atoms with E-state index < -0.39 is 27.8 Å². The van der Waals surface area contributed by atoms with E-state index in [-0.39, 0.29) is 12.5 Å². The molecule has 0 saturated carbocycles. The van der Waals surface area contributed by atoms with Gasteiger partial charge in [0.2, 0.25) is 15.9 Å². The van der Waals surface area contributed by atoms with Crippen molar-refractivity contribution in [2.45, 2.75) is 18.9 Å². The molecule has 0 aromatic carbocycles. The van der Waals surface area contributed by atoms with E-state index in [0.717, 1.165) is 4.31 Å². The number of rotatable bonds is 4. The fourth-order valence-electron chi connectivity index (χ4n) is 2.55. The second-order valence-electron chi connectivity index (χ2n) is 4.86. The van der Waals surface area contributed by atoms with E-state index in [1.165, 1.54) is 0 Å². The van der Waals surface area contributed by atoms with Crippen LogP contribution in [-0.4, -0.2) is 79.2 Å². The molecule has 2 fully saturated rings. The van der Waals surface area contributed by atoms with Gasteiger partial charge >= 0.3 is 5.97 Å². The summed E-state index contributed by atoms with van der Waals surface area (Å²) in [6.45, 7) is 1.99. The van der Waals surface area contributed by atoms with Gasteiger partial charge < -0.3 is 14.7 Å². The first kappa shape index (κ1) is 15.2. The minimum atomic E-state index is -3.94. The molecule has 2 aliphatic heterocycles. The van der Waals surface area contributed by atoms with E-state index in [9.17, 15) is 18.0 Å². The summed E-state index contributed by atoms with van der Waals surface area (Å²) in [5.41, 5.74) is 0. The third-order valence-electron chi connectivity index (χ3n) is 3.47. The Morgan fingerprint density at radius 2 is 1.85 bits per heavy atom. The van der Waals surface area contributed by atoms with Crippen molar-refractivity contribution in [1.29, 1.82) is 0 Å². The molecule has 0 bridgehead atoms. The number of hydrogen-bond donors (Lipinski definition) is 1. The Morgan fingerprint density at radius 1 is 1.20 bits per heavy atom. The molecule has 8 nitrogen and oxygen atoms in total. The molecule has 2 saturated heterocycles. The maximum atomic E-state index is 12.4. The van der Waals surface area contributed by atoms with Gasteiger partial charge in [0.15, 0.2) is 5.75 Å². The zero-order valence-corrected chi connectivity index (χ0v) is 11.8. The summed E-state index contributed by atoms with van der Waals surface area (Å²) >= 11 is 0. The lowest BCUT2D eigenvalue weighted by Crippen LogP contribution is -2.51. The van der Waals surface area contributed by atoms with Gasteiger partial charge in [-0.1, -0.05) is 0 Å². The second kappa shape index (κ2) is 6.06. The molecule has 2 aliphatic rings. The van der Waals surface area contributed by atoms with E-state index in [2.05, 4.69) is 0 Å². The molecular formula is C11H18N2O6S. The number of aliphatic carboxylic acids is 1. The standard InChI is InChI=1S/C11H18N2O6S/c14-10(15)8-20(17,18)13-3-1-2-9(13)11(16)12-4-6-19-7-5-12/h9H,1-8H2,(H,14,15). The van der Waals surface area contributed by atoms with Crippen molar-refractivity contribution in [1.82, 2.24) is 9.21 Å². The number of sulfonamides is 1. The third kappa shape index (κ3) is 3.28. The van der Waals surface area contributed by atoms with Crippen LogP contribution in [0.15, 0.2) is 0 Å². The molecule has 1 unspecified atom stereocenters. The Balaban J connectivity index is 2.10. The Kier molecular flexibility index (Phi) is 4.61. The predicted molar refractivity (Wildman–Crippen MR) is 68.5 cm³/mol. The summed E-state index contributed by atoms with van der Waals surface area (Å²) in [6.07, 6.45) is 1.01. The van der Waals surface area contributed by atoms with E-state index in [1.807, 2.05) is 0 Å². The van der Waals surface area contributed by atoms with Gasteiger partial charge in [0, 0.05) is 19.6 Å². The molecular weight excluding hydrogens is 288 g/mol. The van der Waals surface area contributed by atoms with Crippen LogP contribution in [0, 0.1) is 0 Å². The molecule has 1 N–H and O–H groups in total. The lowest BCUT2D eigenvalue weighted by atomic mass is 10.2. The quantitative estimate of drug-likeness (QED) is 0.694. The first-order valence-electron chi connectivity index (χ1n) is 6.49. The summed E-state index contributed by atoms with van der Waals surface area (Å²) < 4.78 is 30.2. The van der Waals surface area contributed by atoms with Crippen molar-refractivity contribution in [3.63, 3.8) is 0 Å². The number of carboxylic acid groups (broad SMARTS) is 1. The number of nitrogens with zero attached hydrogens (tertiary/aromatic N) is 2. The smallest absolute Gasteiger partial charge is 0.320 e. The highest BCUT2D eigenvalue weighted by molar-refractivity contribution is 7.89. The van der Waals surface area contributed by atoms with Gasteiger partial charge in [-0.05, 0) is 12.8 Å². The lowest BCUT2D eigenvalue weighted by Gasteiger charge is -2.31. The molecule has 0 aliphatic carbocycles. The normalized spacial score (nSPS) is 24.8. The summed E-state index contributed by atoms with van der Waals surface area (Å²) in [4.78, 5) is 24.6. The van der Waals surface area contributed by atoms with Crippen LogP contribution in [0.1, 0.15) is 12.8 Å². The van der Waals surface area contributed by atoms with Gasteiger partial charge in [0.05, 0.1) is 13.2 Å². The van der Waals surface area contributed by atoms with Crippen molar-refractivity contribution in [3.8, 4) is 0 Å². The van der Waals surface area contributed by atoms with Crippen LogP contribution in [0.2, 0.25) is 0 Å². The molecule has 1 atom stereocenters. The van der Waals surface area contributed by atoms with Crippen molar-refractivity contribution in [3.05, 3.63) is 0 Å². The molecule has 0 radical (unpaired) electrons. The highest BCUT2D eigenvalue weighted by Gasteiger charge is 2.41. The fourth-order valence-corrected chi connectivity index (χ4v) is 4.02. The van der Waals surface area contributed by atoms with E-state index >= 15 is 0 Å². The monoisotopic (exact) mass is 306 g/mol. The first-order valence-corrected chi connectivity index (χ1v) is 8.10. The topological polar surface area (TPSA) is 104 Å². The number of ether oxygens (including phenoxy) is 1. The summed E-state index contributed by atoms with van der Waals surface area (Å²) in [5, 5.41) is 8.67. The Bertz CT molecular complexity index is 485. The summed E-state index contributed by atoms with van der Waals surface area (Å²) in [7, 11) is -3.94. The second-order valence-corrected chi connectivity index (χ2v) is 6.78. The van der Waals surface area contributed by atoms with E-state index in [4.69, 9.17) is 9.84 Å². The summed E-state index contributed by atoms with van der Waals surface area (Å²) in [5.74, 6) is -2.63. The van der Waals surface area contributed by atoms with Gasteiger partial charge in [-0.25, -0.2) is 8.42 Å². The van der Waals surface area contributed by atoms with Crippen molar-refractivity contribution in [2.75, 3.05) is 38.6 Å². The van der Waals surface area contributed by atoms with Crippen LogP contribution in [0.5, 0.6) is 0 Å². The zero-order chi connectivity index (χ0) is 14.8. The third-order valence-corrected chi connectivity index (χ3v) is 5.24. The highest BCUT2D eigenvalue weighted by Crippen LogP contribution is 2.23. The number of carbonyl (C=O) groups excluding carboxylic acids is 1. The minimum absolute atomic E-state index is 0.205. The minimum Gasteiger partial charge on any atom is -0.480 e. The van der Waals surface area contributed by atoms with Gasteiger partial charge in [-0.2, -0.15) is 4.31 Å². The van der Waals surface area contributed by atoms with Crippen molar-refractivity contribution < 1.29 is 27.9 Å². The predicted octanol–water partition coefficient (Wildman–Crippen LogP) is -1.28. The molecule has 0 aromatic heterocycles. The van der Waals surface area contributed by atoms with Crippen LogP contribution in [0.25, 0.3) is 0 Å². The van der Waals surface area contributed by atoms with Crippen LogP contribution >= 0.6 is 0 Å². The average molecular weight is 306 g/mol. The summed E-state index contributed by atoms with van der Waals surface area (Å²) in [6, 6.07) is -0.766. The Hall–Kier alpha value is -1.19.